The summed E-state index contributed by atoms with van der Waals surface area (Å²) in [5.41, 5.74) is 4.94. The van der Waals surface area contributed by atoms with Crippen molar-refractivity contribution in [3.8, 4) is 0 Å². The van der Waals surface area contributed by atoms with Crippen LogP contribution in [-0.4, -0.2) is 40.6 Å². The second kappa shape index (κ2) is 4.89. The quantitative estimate of drug-likeness (QED) is 0.394. The van der Waals surface area contributed by atoms with Gasteiger partial charge >= 0.3 is 11.9 Å². The molecule has 0 aliphatic carbocycles. The van der Waals surface area contributed by atoms with Gasteiger partial charge in [-0.1, -0.05) is 0 Å². The minimum absolute atomic E-state index is 0.433. The van der Waals surface area contributed by atoms with Crippen molar-refractivity contribution in [3.63, 3.8) is 0 Å². The van der Waals surface area contributed by atoms with Crippen LogP contribution in [0.1, 0.15) is 13.8 Å². The van der Waals surface area contributed by atoms with E-state index in [0.29, 0.717) is 0 Å². The largest absolute Gasteiger partial charge is 0.476 e. The first-order valence-electron chi connectivity index (χ1n) is 3.96. The fourth-order valence-corrected chi connectivity index (χ4v) is 0.714. The molecule has 5 N–H and O–H groups in total. The van der Waals surface area contributed by atoms with Gasteiger partial charge in [-0.25, -0.2) is 4.79 Å². The molecule has 0 aliphatic heterocycles. The monoisotopic (exact) mass is 206 g/mol. The molecule has 0 aromatic heterocycles. The molecule has 0 spiro atoms. The van der Waals surface area contributed by atoms with Crippen LogP contribution in [0.25, 0.3) is 0 Å². The minimum atomic E-state index is -2.72. The van der Waals surface area contributed by atoms with Gasteiger partial charge in [0.15, 0.2) is 0 Å². The number of carbonyl (C=O) groups is 2. The van der Waals surface area contributed by atoms with Gasteiger partial charge in [0.25, 0.3) is 0 Å². The van der Waals surface area contributed by atoms with Crippen molar-refractivity contribution in [3.05, 3.63) is 0 Å². The van der Waals surface area contributed by atoms with Crippen molar-refractivity contribution in [2.75, 3.05) is 6.54 Å². The predicted molar refractivity (Wildman–Crippen MR) is 46.0 cm³/mol. The number of carboxylic acids is 1. The van der Waals surface area contributed by atoms with Crippen LogP contribution in [0.2, 0.25) is 0 Å². The summed E-state index contributed by atoms with van der Waals surface area (Å²) in [4.78, 5) is 21.4. The number of aliphatic carboxylic acids is 1. The highest BCUT2D eigenvalue weighted by atomic mass is 16.7. The third-order valence-electron chi connectivity index (χ3n) is 1.19. The molecule has 7 nitrogen and oxygen atoms in total. The minimum Gasteiger partial charge on any atom is -0.476 e. The Morgan fingerprint density at radius 3 is 2.36 bits per heavy atom. The fraction of sp³-hybridized carbons (Fsp3) is 0.714. The Hall–Kier alpha value is -1.18. The van der Waals surface area contributed by atoms with Gasteiger partial charge in [0.05, 0.1) is 12.6 Å². The van der Waals surface area contributed by atoms with Gasteiger partial charge in [-0.05, 0) is 13.8 Å². The highest BCUT2D eigenvalue weighted by Crippen LogP contribution is 2.06. The zero-order chi connectivity index (χ0) is 11.4. The number of aliphatic hydroxyl groups is 1. The fourth-order valence-electron chi connectivity index (χ4n) is 0.714. The molecule has 0 saturated carbocycles. The molecule has 0 bridgehead atoms. The first kappa shape index (κ1) is 12.8. The zero-order valence-electron chi connectivity index (χ0n) is 7.98. The van der Waals surface area contributed by atoms with E-state index in [1.807, 2.05) is 0 Å². The summed E-state index contributed by atoms with van der Waals surface area (Å²) in [5.74, 6) is -5.24. The summed E-state index contributed by atoms with van der Waals surface area (Å²) in [7, 11) is 0. The highest BCUT2D eigenvalue weighted by Gasteiger charge is 2.40. The van der Waals surface area contributed by atoms with Crippen LogP contribution < -0.4 is 11.1 Å². The number of nitrogens with two attached hydrogens (primary N) is 1. The van der Waals surface area contributed by atoms with Crippen molar-refractivity contribution >= 4 is 11.9 Å². The van der Waals surface area contributed by atoms with Gasteiger partial charge in [-0.3, -0.25) is 10.1 Å². The van der Waals surface area contributed by atoms with Crippen molar-refractivity contribution in [1.29, 1.82) is 0 Å². The molecule has 0 rings (SSSR count). The topological polar surface area (TPSA) is 122 Å². The van der Waals surface area contributed by atoms with E-state index in [-0.39, 0.29) is 0 Å². The Morgan fingerprint density at radius 1 is 1.57 bits per heavy atom. The van der Waals surface area contributed by atoms with Gasteiger partial charge in [0.2, 0.25) is 5.91 Å². The maximum absolute atomic E-state index is 10.8. The number of hydrogen-bond acceptors (Lipinski definition) is 5. The number of rotatable bonds is 5. The molecule has 14 heavy (non-hydrogen) atoms. The maximum atomic E-state index is 10.8. The normalized spacial score (nSPS) is 14.9. The first-order chi connectivity index (χ1) is 6.31. The van der Waals surface area contributed by atoms with Gasteiger partial charge in [-0.2, -0.15) is 0 Å². The number of ether oxygens (including phenoxy) is 1. The third-order valence-corrected chi connectivity index (χ3v) is 1.19. The second-order valence-corrected chi connectivity index (χ2v) is 2.87. The molecule has 0 radical (unpaired) electrons. The average molecular weight is 206 g/mol. The average Bonchev–Trinajstić information content (AvgIpc) is 2.02. The van der Waals surface area contributed by atoms with E-state index in [2.05, 4.69) is 4.74 Å². The SMILES string of the molecule is CC(C)OC(O)(NC(=O)CN)C(=O)O. The van der Waals surface area contributed by atoms with Gasteiger partial charge < -0.3 is 20.7 Å². The van der Waals surface area contributed by atoms with E-state index in [9.17, 15) is 14.7 Å². The molecular weight excluding hydrogens is 192 g/mol. The number of hydrogen-bond donors (Lipinski definition) is 4. The molecule has 0 aromatic carbocycles. The molecule has 0 aromatic rings. The van der Waals surface area contributed by atoms with Crippen molar-refractivity contribution in [2.24, 2.45) is 5.73 Å². The smallest absolute Gasteiger partial charge is 0.387 e. The second-order valence-electron chi connectivity index (χ2n) is 2.87. The lowest BCUT2D eigenvalue weighted by Gasteiger charge is -2.26. The molecule has 1 atom stereocenters. The molecule has 0 saturated heterocycles. The van der Waals surface area contributed by atoms with Crippen LogP contribution in [0.15, 0.2) is 0 Å². The zero-order valence-corrected chi connectivity index (χ0v) is 7.98. The van der Waals surface area contributed by atoms with Crippen molar-refractivity contribution in [2.45, 2.75) is 25.9 Å². The van der Waals surface area contributed by atoms with Gasteiger partial charge in [0.1, 0.15) is 0 Å². The number of amides is 1. The standard InChI is InChI=1S/C7H14N2O5/c1-4(2)14-7(13,6(11)12)9-5(10)3-8/h4,13H,3,8H2,1-2H3,(H,9,10)(H,11,12). The molecule has 0 heterocycles. The van der Waals surface area contributed by atoms with E-state index in [1.165, 1.54) is 13.8 Å². The number of carboxylic acid groups (broad SMARTS) is 1. The molecule has 1 amide bonds. The van der Waals surface area contributed by atoms with Crippen LogP contribution in [-0.2, 0) is 14.3 Å². The third kappa shape index (κ3) is 3.69. The lowest BCUT2D eigenvalue weighted by Crippen LogP contribution is -2.58. The van der Waals surface area contributed by atoms with E-state index >= 15 is 0 Å². The van der Waals surface area contributed by atoms with Crippen LogP contribution in [0, 0.1) is 0 Å². The Balaban J connectivity index is 4.55. The van der Waals surface area contributed by atoms with Crippen LogP contribution >= 0.6 is 0 Å². The molecular formula is C7H14N2O5. The molecule has 82 valence electrons. The lowest BCUT2D eigenvalue weighted by atomic mass is 10.4. The predicted octanol–water partition coefficient (Wildman–Crippen LogP) is -1.78. The summed E-state index contributed by atoms with van der Waals surface area (Å²) in [6, 6.07) is 0. The van der Waals surface area contributed by atoms with E-state index < -0.39 is 30.4 Å². The summed E-state index contributed by atoms with van der Waals surface area (Å²) >= 11 is 0. The Morgan fingerprint density at radius 2 is 2.07 bits per heavy atom. The molecule has 7 heteroatoms. The number of nitrogens with one attached hydrogen (secondary N) is 1. The lowest BCUT2D eigenvalue weighted by molar-refractivity contribution is -0.247. The van der Waals surface area contributed by atoms with Crippen LogP contribution in [0.5, 0.6) is 0 Å². The van der Waals surface area contributed by atoms with E-state index in [0.717, 1.165) is 0 Å². The van der Waals surface area contributed by atoms with E-state index in [4.69, 9.17) is 10.8 Å². The molecule has 0 aliphatic rings. The van der Waals surface area contributed by atoms with E-state index in [1.54, 1.807) is 5.32 Å². The highest BCUT2D eigenvalue weighted by molar-refractivity contribution is 5.85. The Bertz CT molecular complexity index is 230. The summed E-state index contributed by atoms with van der Waals surface area (Å²) in [5, 5.41) is 19.7. The summed E-state index contributed by atoms with van der Waals surface area (Å²) < 4.78 is 4.64. The molecule has 0 fully saturated rings. The van der Waals surface area contributed by atoms with Gasteiger partial charge in [0, 0.05) is 0 Å². The Kier molecular flexibility index (Phi) is 4.48. The van der Waals surface area contributed by atoms with Gasteiger partial charge in [-0.15, -0.1) is 0 Å². The molecule has 1 unspecified atom stereocenters. The first-order valence-corrected chi connectivity index (χ1v) is 3.96. The van der Waals surface area contributed by atoms with Crippen LogP contribution in [0.3, 0.4) is 0 Å². The summed E-state index contributed by atoms with van der Waals surface area (Å²) in [6.45, 7) is 2.60. The van der Waals surface area contributed by atoms with Crippen molar-refractivity contribution in [1.82, 2.24) is 5.32 Å². The summed E-state index contributed by atoms with van der Waals surface area (Å²) in [6.07, 6.45) is -0.561. The van der Waals surface area contributed by atoms with Crippen LogP contribution in [0.4, 0.5) is 0 Å². The van der Waals surface area contributed by atoms with Crippen molar-refractivity contribution < 1.29 is 24.5 Å². The Labute approximate surface area is 80.8 Å². The number of carbonyl (C=O) groups excluding carboxylic acids is 1. The maximum Gasteiger partial charge on any atom is 0.387 e.